The van der Waals surface area contributed by atoms with Gasteiger partial charge in [0.15, 0.2) is 0 Å². The van der Waals surface area contributed by atoms with Gasteiger partial charge in [-0.3, -0.25) is 0 Å². The third-order valence-corrected chi connectivity index (χ3v) is 2.64. The highest BCUT2D eigenvalue weighted by Gasteiger charge is 2.16. The Bertz CT molecular complexity index is 531. The first-order valence-corrected chi connectivity index (χ1v) is 5.04. The van der Waals surface area contributed by atoms with Crippen molar-refractivity contribution in [3.05, 3.63) is 34.5 Å². The molecule has 0 atom stereocenters. The summed E-state index contributed by atoms with van der Waals surface area (Å²) in [6.45, 7) is 1.92. The molecular formula is C11H10ClNO2. The van der Waals surface area contributed by atoms with Crippen molar-refractivity contribution in [2.45, 2.75) is 13.3 Å². The number of hydrogen-bond donors (Lipinski definition) is 2. The molecule has 0 spiro atoms. The molecule has 0 saturated heterocycles. The average molecular weight is 224 g/mol. The molecule has 1 aromatic carbocycles. The summed E-state index contributed by atoms with van der Waals surface area (Å²) in [5, 5.41) is 10.3. The maximum absolute atomic E-state index is 11.1. The van der Waals surface area contributed by atoms with E-state index in [1.165, 1.54) is 0 Å². The quantitative estimate of drug-likeness (QED) is 0.822. The van der Waals surface area contributed by atoms with Gasteiger partial charge in [0.1, 0.15) is 0 Å². The van der Waals surface area contributed by atoms with Crippen LogP contribution in [-0.4, -0.2) is 16.1 Å². The number of H-pyrrole nitrogens is 1. The van der Waals surface area contributed by atoms with Crippen LogP contribution in [0.5, 0.6) is 0 Å². The number of carboxylic acids is 1. The molecule has 15 heavy (non-hydrogen) atoms. The molecule has 2 rings (SSSR count). The van der Waals surface area contributed by atoms with Crippen molar-refractivity contribution in [3.63, 3.8) is 0 Å². The summed E-state index contributed by atoms with van der Waals surface area (Å²) in [5.41, 5.74) is 1.88. The predicted octanol–water partition coefficient (Wildman–Crippen LogP) is 3.08. The third kappa shape index (κ3) is 1.59. The van der Waals surface area contributed by atoms with Crippen LogP contribution in [0.4, 0.5) is 0 Å². The van der Waals surface area contributed by atoms with Gasteiger partial charge in [-0.2, -0.15) is 0 Å². The first-order valence-electron chi connectivity index (χ1n) is 4.67. The van der Waals surface area contributed by atoms with Gasteiger partial charge in [-0.25, -0.2) is 4.79 Å². The predicted molar refractivity (Wildman–Crippen MR) is 59.6 cm³/mol. The highest BCUT2D eigenvalue weighted by atomic mass is 35.5. The molecule has 0 unspecified atom stereocenters. The third-order valence-electron chi connectivity index (χ3n) is 2.41. The fourth-order valence-corrected chi connectivity index (χ4v) is 1.90. The molecule has 1 heterocycles. The number of aromatic nitrogens is 1. The van der Waals surface area contributed by atoms with Crippen LogP contribution >= 0.6 is 11.6 Å². The summed E-state index contributed by atoms with van der Waals surface area (Å²) in [7, 11) is 0. The number of fused-ring (bicyclic) bond motifs is 1. The number of halogens is 1. The summed E-state index contributed by atoms with van der Waals surface area (Å²) < 4.78 is 0. The number of aryl methyl sites for hydroxylation is 1. The van der Waals surface area contributed by atoms with Gasteiger partial charge in [0.05, 0.1) is 5.56 Å². The number of carboxylic acid groups (broad SMARTS) is 1. The molecule has 3 nitrogen and oxygen atoms in total. The minimum atomic E-state index is -0.916. The van der Waals surface area contributed by atoms with Gasteiger partial charge < -0.3 is 10.1 Å². The van der Waals surface area contributed by atoms with Gasteiger partial charge in [0.25, 0.3) is 0 Å². The van der Waals surface area contributed by atoms with Crippen molar-refractivity contribution >= 4 is 28.5 Å². The Balaban J connectivity index is 2.82. The van der Waals surface area contributed by atoms with Crippen LogP contribution in [0.2, 0.25) is 5.02 Å². The molecule has 4 heteroatoms. The van der Waals surface area contributed by atoms with E-state index in [4.69, 9.17) is 16.7 Å². The topological polar surface area (TPSA) is 53.1 Å². The lowest BCUT2D eigenvalue weighted by molar-refractivity contribution is 0.0698. The Labute approximate surface area is 91.7 Å². The van der Waals surface area contributed by atoms with E-state index in [2.05, 4.69) is 4.98 Å². The molecule has 0 amide bonds. The standard InChI is InChI=1S/C11H10ClNO2/c1-2-8-10(11(14)15)7-5-6(12)3-4-9(7)13-8/h3-5,13H,2H2,1H3,(H,14,15). The van der Waals surface area contributed by atoms with Gasteiger partial charge in [-0.05, 0) is 24.6 Å². The minimum Gasteiger partial charge on any atom is -0.478 e. The van der Waals surface area contributed by atoms with Gasteiger partial charge in [0.2, 0.25) is 0 Å². The van der Waals surface area contributed by atoms with Crippen LogP contribution in [0.3, 0.4) is 0 Å². The Hall–Kier alpha value is -1.48. The number of rotatable bonds is 2. The van der Waals surface area contributed by atoms with E-state index < -0.39 is 5.97 Å². The fourth-order valence-electron chi connectivity index (χ4n) is 1.73. The summed E-state index contributed by atoms with van der Waals surface area (Å²) in [5.74, 6) is -0.916. The first-order chi connectivity index (χ1) is 7.13. The molecule has 0 bridgehead atoms. The van der Waals surface area contributed by atoms with Crippen molar-refractivity contribution in [1.29, 1.82) is 0 Å². The number of benzene rings is 1. The van der Waals surface area contributed by atoms with E-state index in [0.717, 1.165) is 11.2 Å². The lowest BCUT2D eigenvalue weighted by Gasteiger charge is -1.95. The highest BCUT2D eigenvalue weighted by Crippen LogP contribution is 2.25. The van der Waals surface area contributed by atoms with E-state index in [9.17, 15) is 4.79 Å². The summed E-state index contributed by atoms with van der Waals surface area (Å²) >= 11 is 5.84. The zero-order valence-electron chi connectivity index (χ0n) is 8.17. The Kier molecular flexibility index (Phi) is 2.40. The molecule has 0 aliphatic rings. The zero-order chi connectivity index (χ0) is 11.0. The van der Waals surface area contributed by atoms with Crippen LogP contribution in [0.1, 0.15) is 23.0 Å². The molecule has 0 aliphatic carbocycles. The van der Waals surface area contributed by atoms with Crippen molar-refractivity contribution in [2.75, 3.05) is 0 Å². The molecule has 0 aliphatic heterocycles. The van der Waals surface area contributed by atoms with Crippen LogP contribution in [-0.2, 0) is 6.42 Å². The maximum Gasteiger partial charge on any atom is 0.338 e. The van der Waals surface area contributed by atoms with Crippen LogP contribution in [0, 0.1) is 0 Å². The summed E-state index contributed by atoms with van der Waals surface area (Å²) in [6.07, 6.45) is 0.661. The Morgan fingerprint density at radius 3 is 2.87 bits per heavy atom. The summed E-state index contributed by atoms with van der Waals surface area (Å²) in [6, 6.07) is 5.21. The smallest absolute Gasteiger partial charge is 0.338 e. The van der Waals surface area contributed by atoms with E-state index in [1.54, 1.807) is 18.2 Å². The number of aromatic amines is 1. The van der Waals surface area contributed by atoms with E-state index in [-0.39, 0.29) is 0 Å². The SMILES string of the molecule is CCc1[nH]c2ccc(Cl)cc2c1C(=O)O. The number of nitrogens with one attached hydrogen (secondary N) is 1. The van der Waals surface area contributed by atoms with Crippen LogP contribution in [0.25, 0.3) is 10.9 Å². The lowest BCUT2D eigenvalue weighted by atomic mass is 10.1. The summed E-state index contributed by atoms with van der Waals surface area (Å²) in [4.78, 5) is 14.2. The Morgan fingerprint density at radius 2 is 2.27 bits per heavy atom. The molecule has 0 radical (unpaired) electrons. The largest absolute Gasteiger partial charge is 0.478 e. The van der Waals surface area contributed by atoms with Gasteiger partial charge in [-0.1, -0.05) is 18.5 Å². The molecule has 2 N–H and O–H groups in total. The maximum atomic E-state index is 11.1. The van der Waals surface area contributed by atoms with Crippen molar-refractivity contribution in [2.24, 2.45) is 0 Å². The van der Waals surface area contributed by atoms with Crippen molar-refractivity contribution in [1.82, 2.24) is 4.98 Å². The number of carbonyl (C=O) groups is 1. The molecular weight excluding hydrogens is 214 g/mol. The lowest BCUT2D eigenvalue weighted by Crippen LogP contribution is -1.99. The molecule has 0 saturated carbocycles. The van der Waals surface area contributed by atoms with Crippen molar-refractivity contribution in [3.8, 4) is 0 Å². The highest BCUT2D eigenvalue weighted by molar-refractivity contribution is 6.31. The first kappa shape index (κ1) is 10.1. The molecule has 2 aromatic rings. The van der Waals surface area contributed by atoms with Gasteiger partial charge in [-0.15, -0.1) is 0 Å². The van der Waals surface area contributed by atoms with E-state index in [1.807, 2.05) is 6.92 Å². The minimum absolute atomic E-state index is 0.329. The second kappa shape index (κ2) is 3.59. The second-order valence-corrected chi connectivity index (χ2v) is 3.76. The Morgan fingerprint density at radius 1 is 1.53 bits per heavy atom. The number of aromatic carboxylic acids is 1. The zero-order valence-corrected chi connectivity index (χ0v) is 8.93. The average Bonchev–Trinajstić information content (AvgIpc) is 2.55. The molecule has 0 fully saturated rings. The fraction of sp³-hybridized carbons (Fsp3) is 0.182. The normalized spacial score (nSPS) is 10.8. The molecule has 1 aromatic heterocycles. The van der Waals surface area contributed by atoms with Gasteiger partial charge >= 0.3 is 5.97 Å². The van der Waals surface area contributed by atoms with Crippen LogP contribution < -0.4 is 0 Å². The molecule has 78 valence electrons. The second-order valence-electron chi connectivity index (χ2n) is 3.33. The van der Waals surface area contributed by atoms with E-state index >= 15 is 0 Å². The number of hydrogen-bond acceptors (Lipinski definition) is 1. The van der Waals surface area contributed by atoms with E-state index in [0.29, 0.717) is 22.4 Å². The van der Waals surface area contributed by atoms with Crippen LogP contribution in [0.15, 0.2) is 18.2 Å². The monoisotopic (exact) mass is 223 g/mol. The van der Waals surface area contributed by atoms with Gasteiger partial charge in [0, 0.05) is 21.6 Å². The van der Waals surface area contributed by atoms with Crippen molar-refractivity contribution < 1.29 is 9.90 Å².